The van der Waals surface area contributed by atoms with Crippen molar-refractivity contribution in [3.05, 3.63) is 24.3 Å². The zero-order valence-corrected chi connectivity index (χ0v) is 11.3. The van der Waals surface area contributed by atoms with Crippen molar-refractivity contribution in [2.45, 2.75) is 25.1 Å². The standard InChI is InChI=1S/C15H18N3O2/c19-14-15(20-13-6-2-1-5-12(13)16-14)18-9-8-17-7-3-4-11(17)10-18/h1-2,5,11,15H,3-4,7-10H2,(H,16,19). The second kappa shape index (κ2) is 4.75. The Morgan fingerprint density at radius 3 is 3.15 bits per heavy atom. The Morgan fingerprint density at radius 2 is 2.20 bits per heavy atom. The topological polar surface area (TPSA) is 44.8 Å². The molecule has 2 unspecified atom stereocenters. The monoisotopic (exact) mass is 272 g/mol. The van der Waals surface area contributed by atoms with Crippen LogP contribution >= 0.6 is 0 Å². The third-order valence-electron chi connectivity index (χ3n) is 4.48. The van der Waals surface area contributed by atoms with E-state index in [0.717, 1.165) is 19.6 Å². The minimum Gasteiger partial charge on any atom is -0.463 e. The number of rotatable bonds is 1. The molecule has 1 amide bonds. The van der Waals surface area contributed by atoms with Crippen LogP contribution < -0.4 is 10.1 Å². The number of carbonyl (C=O) groups excluding carboxylic acids is 1. The first kappa shape index (κ1) is 12.2. The number of hydrogen-bond donors (Lipinski definition) is 1. The lowest BCUT2D eigenvalue weighted by Gasteiger charge is -2.41. The van der Waals surface area contributed by atoms with Gasteiger partial charge in [-0.2, -0.15) is 0 Å². The molecule has 105 valence electrons. The number of para-hydroxylation sites is 1. The number of carbonyl (C=O) groups is 1. The lowest BCUT2D eigenvalue weighted by molar-refractivity contribution is -0.134. The summed E-state index contributed by atoms with van der Waals surface area (Å²) in [6.07, 6.45) is 1.99. The van der Waals surface area contributed by atoms with E-state index in [-0.39, 0.29) is 5.91 Å². The first-order chi connectivity index (χ1) is 9.81. The van der Waals surface area contributed by atoms with Crippen LogP contribution in [0.2, 0.25) is 0 Å². The molecule has 4 rings (SSSR count). The number of ether oxygens (including phenoxy) is 1. The third kappa shape index (κ3) is 1.98. The zero-order chi connectivity index (χ0) is 13.5. The van der Waals surface area contributed by atoms with Gasteiger partial charge in [-0.1, -0.05) is 12.1 Å². The zero-order valence-electron chi connectivity index (χ0n) is 11.3. The lowest BCUT2D eigenvalue weighted by atomic mass is 10.1. The van der Waals surface area contributed by atoms with Gasteiger partial charge in [0.05, 0.1) is 5.69 Å². The molecule has 2 atom stereocenters. The van der Waals surface area contributed by atoms with E-state index in [1.54, 1.807) is 0 Å². The van der Waals surface area contributed by atoms with Crippen molar-refractivity contribution in [1.82, 2.24) is 9.80 Å². The van der Waals surface area contributed by atoms with E-state index >= 15 is 0 Å². The molecule has 5 nitrogen and oxygen atoms in total. The van der Waals surface area contributed by atoms with Crippen molar-refractivity contribution >= 4 is 11.6 Å². The SMILES string of the molecule is O=C1Nc2ccc[c]c2OC1N1CCN2CCCC2C1. The van der Waals surface area contributed by atoms with Crippen LogP contribution in [0.25, 0.3) is 0 Å². The van der Waals surface area contributed by atoms with Gasteiger partial charge in [0.25, 0.3) is 5.91 Å². The first-order valence-electron chi connectivity index (χ1n) is 7.27. The molecular weight excluding hydrogens is 254 g/mol. The number of nitrogens with zero attached hydrogens (tertiary/aromatic N) is 2. The van der Waals surface area contributed by atoms with Gasteiger partial charge < -0.3 is 10.1 Å². The van der Waals surface area contributed by atoms with Crippen molar-refractivity contribution in [3.8, 4) is 5.75 Å². The number of benzene rings is 1. The first-order valence-corrected chi connectivity index (χ1v) is 7.27. The number of nitrogens with one attached hydrogen (secondary N) is 1. The van der Waals surface area contributed by atoms with Crippen molar-refractivity contribution in [2.24, 2.45) is 0 Å². The number of amides is 1. The van der Waals surface area contributed by atoms with E-state index < -0.39 is 6.23 Å². The fourth-order valence-electron chi connectivity index (χ4n) is 3.45. The number of fused-ring (bicyclic) bond motifs is 2. The normalized spacial score (nSPS) is 30.3. The van der Waals surface area contributed by atoms with Crippen LogP contribution in [0.1, 0.15) is 12.8 Å². The summed E-state index contributed by atoms with van der Waals surface area (Å²) in [6, 6.07) is 9.13. The molecule has 1 aromatic rings. The van der Waals surface area contributed by atoms with Gasteiger partial charge in [-0.05, 0) is 25.5 Å². The predicted octanol–water partition coefficient (Wildman–Crippen LogP) is 0.924. The van der Waals surface area contributed by atoms with Gasteiger partial charge in [0.1, 0.15) is 0 Å². The van der Waals surface area contributed by atoms with Crippen molar-refractivity contribution in [3.63, 3.8) is 0 Å². The maximum Gasteiger partial charge on any atom is 0.281 e. The van der Waals surface area contributed by atoms with Gasteiger partial charge >= 0.3 is 0 Å². The molecule has 1 aromatic carbocycles. The molecule has 0 aliphatic carbocycles. The van der Waals surface area contributed by atoms with Gasteiger partial charge in [0, 0.05) is 31.7 Å². The van der Waals surface area contributed by atoms with Gasteiger partial charge in [-0.15, -0.1) is 0 Å². The van der Waals surface area contributed by atoms with Crippen LogP contribution in [0.3, 0.4) is 0 Å². The highest BCUT2D eigenvalue weighted by atomic mass is 16.5. The van der Waals surface area contributed by atoms with Gasteiger partial charge in [0.2, 0.25) is 6.23 Å². The number of anilines is 1. The summed E-state index contributed by atoms with van der Waals surface area (Å²) < 4.78 is 5.87. The molecule has 2 saturated heterocycles. The third-order valence-corrected chi connectivity index (χ3v) is 4.48. The molecule has 5 heteroatoms. The summed E-state index contributed by atoms with van der Waals surface area (Å²) in [7, 11) is 0. The highest BCUT2D eigenvalue weighted by Crippen LogP contribution is 2.31. The molecule has 0 aromatic heterocycles. The van der Waals surface area contributed by atoms with Crippen LogP contribution in [0.5, 0.6) is 5.75 Å². The number of piperazine rings is 1. The summed E-state index contributed by atoms with van der Waals surface area (Å²) in [5.74, 6) is 0.578. The molecule has 3 aliphatic rings. The van der Waals surface area contributed by atoms with E-state index in [4.69, 9.17) is 4.74 Å². The van der Waals surface area contributed by atoms with Crippen LogP contribution in [-0.4, -0.2) is 54.2 Å². The van der Waals surface area contributed by atoms with Crippen LogP contribution in [0.4, 0.5) is 5.69 Å². The van der Waals surface area contributed by atoms with E-state index in [9.17, 15) is 4.79 Å². The summed E-state index contributed by atoms with van der Waals surface area (Å²) >= 11 is 0. The van der Waals surface area contributed by atoms with Crippen LogP contribution in [0.15, 0.2) is 18.2 Å². The predicted molar refractivity (Wildman–Crippen MR) is 74.5 cm³/mol. The molecule has 0 spiro atoms. The molecule has 1 radical (unpaired) electrons. The Balaban J connectivity index is 1.53. The lowest BCUT2D eigenvalue weighted by Crippen LogP contribution is -2.59. The molecule has 0 bridgehead atoms. The van der Waals surface area contributed by atoms with E-state index in [2.05, 4.69) is 21.2 Å². The summed E-state index contributed by atoms with van der Waals surface area (Å²) in [4.78, 5) is 16.9. The molecule has 1 N–H and O–H groups in total. The largest absolute Gasteiger partial charge is 0.463 e. The fraction of sp³-hybridized carbons (Fsp3) is 0.533. The Labute approximate surface area is 118 Å². The Bertz CT molecular complexity index is 534. The summed E-state index contributed by atoms with van der Waals surface area (Å²) in [5.41, 5.74) is 0.716. The van der Waals surface area contributed by atoms with Gasteiger partial charge in [0.15, 0.2) is 5.75 Å². The minimum absolute atomic E-state index is 0.0662. The summed E-state index contributed by atoms with van der Waals surface area (Å²) in [5, 5.41) is 2.92. The minimum atomic E-state index is -0.510. The van der Waals surface area contributed by atoms with Crippen LogP contribution in [-0.2, 0) is 4.79 Å². The quantitative estimate of drug-likeness (QED) is 0.826. The highest BCUT2D eigenvalue weighted by Gasteiger charge is 2.39. The average molecular weight is 272 g/mol. The molecular formula is C15H18N3O2. The maximum absolute atomic E-state index is 12.2. The smallest absolute Gasteiger partial charge is 0.281 e. The Hall–Kier alpha value is -1.59. The van der Waals surface area contributed by atoms with Gasteiger partial charge in [-0.3, -0.25) is 14.6 Å². The van der Waals surface area contributed by atoms with E-state index in [0.29, 0.717) is 17.5 Å². The second-order valence-electron chi connectivity index (χ2n) is 5.70. The second-order valence-corrected chi connectivity index (χ2v) is 5.70. The molecule has 3 aliphatic heterocycles. The molecule has 2 fully saturated rings. The van der Waals surface area contributed by atoms with E-state index in [1.165, 1.54) is 19.4 Å². The van der Waals surface area contributed by atoms with Crippen molar-refractivity contribution in [1.29, 1.82) is 0 Å². The van der Waals surface area contributed by atoms with Crippen molar-refractivity contribution in [2.75, 3.05) is 31.5 Å². The van der Waals surface area contributed by atoms with Crippen molar-refractivity contribution < 1.29 is 9.53 Å². The highest BCUT2D eigenvalue weighted by molar-refractivity contribution is 5.97. The summed E-state index contributed by atoms with van der Waals surface area (Å²) in [6.45, 7) is 4.03. The molecule has 3 heterocycles. The molecule has 0 saturated carbocycles. The maximum atomic E-state index is 12.2. The van der Waals surface area contributed by atoms with E-state index in [1.807, 2.05) is 18.2 Å². The van der Waals surface area contributed by atoms with Crippen LogP contribution in [0, 0.1) is 6.07 Å². The molecule has 20 heavy (non-hydrogen) atoms. The number of hydrogen-bond acceptors (Lipinski definition) is 4. The Morgan fingerprint density at radius 1 is 1.30 bits per heavy atom. The Kier molecular flexibility index (Phi) is 2.89. The fourth-order valence-corrected chi connectivity index (χ4v) is 3.45. The van der Waals surface area contributed by atoms with Gasteiger partial charge in [-0.25, -0.2) is 0 Å². The average Bonchev–Trinajstić information content (AvgIpc) is 2.94.